The Morgan fingerprint density at radius 3 is 2.21 bits per heavy atom. The summed E-state index contributed by atoms with van der Waals surface area (Å²) in [6.45, 7) is 6.94. The summed E-state index contributed by atoms with van der Waals surface area (Å²) in [7, 11) is 0. The topological polar surface area (TPSA) is 142 Å². The van der Waals surface area contributed by atoms with Gasteiger partial charge in [-0.3, -0.25) is 9.59 Å². The minimum absolute atomic E-state index is 0.0140. The fraction of sp³-hybridized carbons (Fsp3) is 0.812. The molecule has 2 aliphatic carbocycles. The molecule has 0 aliphatic heterocycles. The number of aliphatic hydroxyl groups is 1. The third kappa shape index (κ3) is 3.00. The van der Waals surface area contributed by atoms with E-state index >= 15 is 0 Å². The van der Waals surface area contributed by atoms with Crippen LogP contribution in [0.25, 0.3) is 0 Å². The van der Waals surface area contributed by atoms with Crippen LogP contribution in [0.2, 0.25) is 0 Å². The summed E-state index contributed by atoms with van der Waals surface area (Å²) >= 11 is 0. The smallest absolute Gasteiger partial charge is 0.329 e. The number of amides is 2. The lowest BCUT2D eigenvalue weighted by atomic mass is 9.89. The molecule has 0 heterocycles. The zero-order valence-electron chi connectivity index (χ0n) is 14.4. The number of fused-ring (bicyclic) bond motifs is 1. The van der Waals surface area contributed by atoms with Gasteiger partial charge in [0.25, 0.3) is 0 Å². The molecule has 8 nitrogen and oxygen atoms in total. The monoisotopic (exact) mass is 341 g/mol. The lowest BCUT2D eigenvalue weighted by molar-refractivity contribution is -0.149. The van der Waals surface area contributed by atoms with E-state index in [1.54, 1.807) is 13.8 Å². The molecule has 0 aromatic heterocycles. The highest BCUT2D eigenvalue weighted by atomic mass is 16.4. The first-order valence-corrected chi connectivity index (χ1v) is 8.32. The Labute approximate surface area is 141 Å². The minimum Gasteiger partial charge on any atom is -0.479 e. The molecule has 0 spiro atoms. The van der Waals surface area contributed by atoms with Crippen LogP contribution in [-0.4, -0.2) is 51.7 Å². The second-order valence-corrected chi connectivity index (χ2v) is 7.50. The van der Waals surface area contributed by atoms with Crippen molar-refractivity contribution in [3.05, 3.63) is 0 Å². The molecule has 0 radical (unpaired) electrons. The number of hydrogen-bond donors (Lipinski definition) is 5. The Morgan fingerprint density at radius 2 is 1.79 bits per heavy atom. The standard InChI is InChI=1S/C16H27N3O5/c1-6(2)12(17)14(22)18-8(4)13(21)19-16(15(23)24)5-9(20)10-7(3)11(10)16/h6-12,20H,5,17H2,1-4H3,(H,18,22)(H,19,21)(H,23,24)/t7-,8-,9-,10+,11+,12-,16-/m0/s1. The van der Waals surface area contributed by atoms with Crippen molar-refractivity contribution in [2.75, 3.05) is 0 Å². The highest BCUT2D eigenvalue weighted by molar-refractivity contribution is 5.93. The van der Waals surface area contributed by atoms with Gasteiger partial charge in [-0.05, 0) is 24.7 Å². The summed E-state index contributed by atoms with van der Waals surface area (Å²) in [5, 5.41) is 24.7. The summed E-state index contributed by atoms with van der Waals surface area (Å²) in [6.07, 6.45) is -0.749. The summed E-state index contributed by atoms with van der Waals surface area (Å²) in [5.74, 6) is -2.61. The highest BCUT2D eigenvalue weighted by Crippen LogP contribution is 2.62. The van der Waals surface area contributed by atoms with Crippen molar-refractivity contribution in [2.45, 2.75) is 57.8 Å². The maximum Gasteiger partial charge on any atom is 0.329 e. The van der Waals surface area contributed by atoms with E-state index in [0.717, 1.165) is 0 Å². The normalized spacial score (nSPS) is 36.6. The number of nitrogens with one attached hydrogen (secondary N) is 2. The molecule has 2 saturated carbocycles. The van der Waals surface area contributed by atoms with Gasteiger partial charge in [0.05, 0.1) is 12.1 Å². The molecular weight excluding hydrogens is 314 g/mol. The third-order valence-electron chi connectivity index (χ3n) is 5.49. The zero-order valence-corrected chi connectivity index (χ0v) is 14.4. The van der Waals surface area contributed by atoms with Crippen molar-refractivity contribution in [3.8, 4) is 0 Å². The molecule has 0 saturated heterocycles. The molecule has 2 fully saturated rings. The molecule has 0 aromatic rings. The quantitative estimate of drug-likeness (QED) is 0.422. The SMILES string of the molecule is CC(C)[C@H](N)C(=O)N[C@@H](C)C(=O)N[C@@]1(C(=O)O)C[C@H](O)[C@H]2[C@H](C)[C@H]21. The van der Waals surface area contributed by atoms with E-state index in [9.17, 15) is 24.6 Å². The molecule has 6 N–H and O–H groups in total. The van der Waals surface area contributed by atoms with E-state index in [4.69, 9.17) is 5.73 Å². The molecule has 2 aliphatic rings. The van der Waals surface area contributed by atoms with Gasteiger partial charge in [-0.2, -0.15) is 0 Å². The van der Waals surface area contributed by atoms with Gasteiger partial charge in [-0.25, -0.2) is 4.79 Å². The van der Waals surface area contributed by atoms with Gasteiger partial charge in [-0.1, -0.05) is 20.8 Å². The summed E-state index contributed by atoms with van der Waals surface area (Å²) in [5.41, 5.74) is 4.27. The predicted molar refractivity (Wildman–Crippen MR) is 85.7 cm³/mol. The summed E-state index contributed by atoms with van der Waals surface area (Å²) in [4.78, 5) is 36.2. The van der Waals surface area contributed by atoms with Gasteiger partial charge in [0, 0.05) is 12.3 Å². The molecule has 7 atom stereocenters. The number of carbonyl (C=O) groups excluding carboxylic acids is 2. The number of carboxylic acids is 1. The van der Waals surface area contributed by atoms with E-state index in [-0.39, 0.29) is 30.1 Å². The second-order valence-electron chi connectivity index (χ2n) is 7.50. The molecule has 2 amide bonds. The molecular formula is C16H27N3O5. The summed E-state index contributed by atoms with van der Waals surface area (Å²) < 4.78 is 0. The minimum atomic E-state index is -1.47. The number of aliphatic carboxylic acids is 1. The zero-order chi connectivity index (χ0) is 18.4. The van der Waals surface area contributed by atoms with Crippen molar-refractivity contribution in [3.63, 3.8) is 0 Å². The van der Waals surface area contributed by atoms with E-state index in [0.29, 0.717) is 0 Å². The van der Waals surface area contributed by atoms with Crippen LogP contribution in [0.3, 0.4) is 0 Å². The van der Waals surface area contributed by atoms with Crippen molar-refractivity contribution < 1.29 is 24.6 Å². The number of carbonyl (C=O) groups is 3. The molecule has 24 heavy (non-hydrogen) atoms. The number of aliphatic hydroxyl groups excluding tert-OH is 1. The van der Waals surface area contributed by atoms with Crippen molar-refractivity contribution in [1.82, 2.24) is 10.6 Å². The lowest BCUT2D eigenvalue weighted by Crippen LogP contribution is -2.61. The Bertz CT molecular complexity index is 552. The number of hydrogen-bond acceptors (Lipinski definition) is 5. The van der Waals surface area contributed by atoms with Crippen LogP contribution < -0.4 is 16.4 Å². The maximum atomic E-state index is 12.4. The van der Waals surface area contributed by atoms with Gasteiger partial charge in [0.2, 0.25) is 11.8 Å². The van der Waals surface area contributed by atoms with Gasteiger partial charge >= 0.3 is 5.97 Å². The predicted octanol–water partition coefficient (Wildman–Crippen LogP) is -0.939. The van der Waals surface area contributed by atoms with Crippen LogP contribution in [0.4, 0.5) is 0 Å². The Morgan fingerprint density at radius 1 is 1.21 bits per heavy atom. The van der Waals surface area contributed by atoms with Crippen molar-refractivity contribution in [1.29, 1.82) is 0 Å². The van der Waals surface area contributed by atoms with Crippen LogP contribution in [0, 0.1) is 23.7 Å². The van der Waals surface area contributed by atoms with E-state index < -0.39 is 41.5 Å². The van der Waals surface area contributed by atoms with Gasteiger partial charge < -0.3 is 26.6 Å². The first-order valence-electron chi connectivity index (χ1n) is 8.32. The van der Waals surface area contributed by atoms with Gasteiger partial charge in [0.1, 0.15) is 11.6 Å². The van der Waals surface area contributed by atoms with Crippen LogP contribution in [-0.2, 0) is 14.4 Å². The van der Waals surface area contributed by atoms with E-state index in [2.05, 4.69) is 10.6 Å². The first-order chi connectivity index (χ1) is 11.0. The molecule has 0 aromatic carbocycles. The van der Waals surface area contributed by atoms with Crippen LogP contribution in [0.15, 0.2) is 0 Å². The Balaban J connectivity index is 2.05. The van der Waals surface area contributed by atoms with E-state index in [1.807, 2.05) is 6.92 Å². The fourth-order valence-electron chi connectivity index (χ4n) is 3.89. The Hall–Kier alpha value is -1.67. The van der Waals surface area contributed by atoms with Crippen LogP contribution in [0.1, 0.15) is 34.1 Å². The average molecular weight is 341 g/mol. The second kappa shape index (κ2) is 6.33. The number of rotatable bonds is 6. The van der Waals surface area contributed by atoms with Crippen LogP contribution >= 0.6 is 0 Å². The van der Waals surface area contributed by atoms with Crippen molar-refractivity contribution in [2.24, 2.45) is 29.4 Å². The number of carboxylic acid groups (broad SMARTS) is 1. The first kappa shape index (κ1) is 18.7. The fourth-order valence-corrected chi connectivity index (χ4v) is 3.89. The molecule has 2 rings (SSSR count). The van der Waals surface area contributed by atoms with Crippen molar-refractivity contribution >= 4 is 17.8 Å². The van der Waals surface area contributed by atoms with Crippen LogP contribution in [0.5, 0.6) is 0 Å². The van der Waals surface area contributed by atoms with Gasteiger partial charge in [-0.15, -0.1) is 0 Å². The number of nitrogens with two attached hydrogens (primary N) is 1. The lowest BCUT2D eigenvalue weighted by Gasteiger charge is -2.31. The highest BCUT2D eigenvalue weighted by Gasteiger charge is 2.71. The molecule has 136 valence electrons. The summed E-state index contributed by atoms with van der Waals surface area (Å²) in [6, 6.07) is -1.65. The largest absolute Gasteiger partial charge is 0.479 e. The Kier molecular flexibility index (Phi) is 4.92. The molecule has 0 bridgehead atoms. The third-order valence-corrected chi connectivity index (χ3v) is 5.49. The molecule has 0 unspecified atom stereocenters. The van der Waals surface area contributed by atoms with Gasteiger partial charge in [0.15, 0.2) is 0 Å². The van der Waals surface area contributed by atoms with E-state index in [1.165, 1.54) is 6.92 Å². The average Bonchev–Trinajstić information content (AvgIpc) is 3.06. The molecule has 8 heteroatoms. The maximum absolute atomic E-state index is 12.4.